The molecule has 0 aliphatic rings. The van der Waals surface area contributed by atoms with Crippen LogP contribution in [-0.2, 0) is 6.42 Å². The zero-order valence-corrected chi connectivity index (χ0v) is 19.1. The molecule has 6 nitrogen and oxygen atoms in total. The quantitative estimate of drug-likeness (QED) is 0.222. The van der Waals surface area contributed by atoms with Crippen LogP contribution in [0.3, 0.4) is 0 Å². The van der Waals surface area contributed by atoms with Crippen molar-refractivity contribution in [3.8, 4) is 11.5 Å². The molecule has 0 aliphatic carbocycles. The van der Waals surface area contributed by atoms with Gasteiger partial charge in [-0.2, -0.15) is 0 Å². The van der Waals surface area contributed by atoms with Gasteiger partial charge in [-0.25, -0.2) is 0 Å². The molecule has 168 valence electrons. The third-order valence-corrected chi connectivity index (χ3v) is 5.90. The molecular formula is C26H26N4O2S. The molecule has 4 aromatic rings. The van der Waals surface area contributed by atoms with Crippen molar-refractivity contribution in [2.75, 3.05) is 5.32 Å². The van der Waals surface area contributed by atoms with Crippen molar-refractivity contribution in [3.63, 3.8) is 0 Å². The van der Waals surface area contributed by atoms with Crippen LogP contribution in [0.2, 0.25) is 0 Å². The highest BCUT2D eigenvalue weighted by Gasteiger charge is 2.16. The first-order chi connectivity index (χ1) is 16.1. The number of H-pyrrole nitrogens is 1. The Labute approximate surface area is 196 Å². The number of anilines is 2. The fourth-order valence-electron chi connectivity index (χ4n) is 3.37. The summed E-state index contributed by atoms with van der Waals surface area (Å²) in [6.45, 7) is 2.01. The smallest absolute Gasteiger partial charge is 0.271 e. The van der Waals surface area contributed by atoms with Crippen LogP contribution in [-0.4, -0.2) is 16.3 Å². The van der Waals surface area contributed by atoms with Crippen molar-refractivity contribution in [2.45, 2.75) is 25.8 Å². The molecule has 0 fully saturated rings. The normalized spacial score (nSPS) is 12.3. The Morgan fingerprint density at radius 3 is 2.33 bits per heavy atom. The van der Waals surface area contributed by atoms with Crippen LogP contribution in [0, 0.1) is 0 Å². The Hall–Kier alpha value is -3.84. The van der Waals surface area contributed by atoms with Crippen LogP contribution in [0.25, 0.3) is 0 Å². The maximum absolute atomic E-state index is 12.4. The molecule has 0 aliphatic heterocycles. The van der Waals surface area contributed by atoms with Gasteiger partial charge in [0.05, 0.1) is 0 Å². The Morgan fingerprint density at radius 2 is 1.64 bits per heavy atom. The molecule has 1 heterocycles. The van der Waals surface area contributed by atoms with Crippen LogP contribution >= 0.6 is 11.5 Å². The molecule has 0 saturated carbocycles. The molecule has 1 unspecified atom stereocenters. The minimum Gasteiger partial charge on any atom is -0.457 e. The Kier molecular flexibility index (Phi) is 7.22. The summed E-state index contributed by atoms with van der Waals surface area (Å²) in [5.74, 6) is 1.74. The zero-order valence-electron chi connectivity index (χ0n) is 18.3. The number of nitrogens with two attached hydrogens (primary N) is 1. The third-order valence-electron chi connectivity index (χ3n) is 5.10. The van der Waals surface area contributed by atoms with Crippen LogP contribution in [0.4, 0.5) is 10.7 Å². The fraction of sp³-hybridized carbons (Fsp3) is 0.154. The number of rotatable bonds is 9. The molecule has 1 atom stereocenters. The summed E-state index contributed by atoms with van der Waals surface area (Å²) in [6, 6.07) is 27.4. The molecule has 0 amide bonds. The van der Waals surface area contributed by atoms with Crippen molar-refractivity contribution in [3.05, 3.63) is 106 Å². The zero-order chi connectivity index (χ0) is 23.0. The molecule has 4 N–H and O–H groups in total. The molecule has 0 radical (unpaired) electrons. The Balaban J connectivity index is 1.42. The van der Waals surface area contributed by atoms with Crippen molar-refractivity contribution >= 4 is 28.1 Å². The van der Waals surface area contributed by atoms with E-state index in [9.17, 15) is 4.79 Å². The van der Waals surface area contributed by atoms with E-state index in [1.807, 2.05) is 79.7 Å². The van der Waals surface area contributed by atoms with Gasteiger partial charge in [-0.15, -0.1) is 0 Å². The number of hydrogen-bond donors (Lipinski definition) is 3. The maximum atomic E-state index is 12.4. The number of nitrogens with zero attached hydrogens (tertiary/aromatic N) is 1. The van der Waals surface area contributed by atoms with E-state index in [0.29, 0.717) is 10.6 Å². The first-order valence-electron chi connectivity index (χ1n) is 10.8. The van der Waals surface area contributed by atoms with Crippen LogP contribution in [0.5, 0.6) is 11.5 Å². The van der Waals surface area contributed by atoms with E-state index in [2.05, 4.69) is 26.8 Å². The number of aliphatic imine (C=N–C) groups is 1. The van der Waals surface area contributed by atoms with E-state index in [0.717, 1.165) is 30.0 Å². The topological polar surface area (TPSA) is 92.5 Å². The van der Waals surface area contributed by atoms with Crippen molar-refractivity contribution < 1.29 is 4.74 Å². The molecule has 4 rings (SSSR count). The number of amidine groups is 1. The molecule has 1 aromatic heterocycles. The number of nitrogens with one attached hydrogen (secondary N) is 2. The molecular weight excluding hydrogens is 432 g/mol. The second kappa shape index (κ2) is 10.7. The minimum atomic E-state index is -0.247. The lowest BCUT2D eigenvalue weighted by molar-refractivity contribution is 0.483. The Bertz CT molecular complexity index is 1250. The van der Waals surface area contributed by atoms with Crippen LogP contribution < -0.4 is 21.3 Å². The largest absolute Gasteiger partial charge is 0.457 e. The first kappa shape index (κ1) is 22.4. The van der Waals surface area contributed by atoms with Gasteiger partial charge in [0.1, 0.15) is 27.9 Å². The highest BCUT2D eigenvalue weighted by Crippen LogP contribution is 2.26. The Morgan fingerprint density at radius 1 is 1.00 bits per heavy atom. The summed E-state index contributed by atoms with van der Waals surface area (Å²) >= 11 is 1.20. The number of aromatic amines is 1. The molecule has 33 heavy (non-hydrogen) atoms. The van der Waals surface area contributed by atoms with Crippen LogP contribution in [0.15, 0.2) is 94.7 Å². The lowest BCUT2D eigenvalue weighted by Gasteiger charge is -2.10. The van der Waals surface area contributed by atoms with Gasteiger partial charge in [0, 0.05) is 11.7 Å². The summed E-state index contributed by atoms with van der Waals surface area (Å²) in [7, 11) is 0. The highest BCUT2D eigenvalue weighted by molar-refractivity contribution is 7.10. The second-order valence-corrected chi connectivity index (χ2v) is 8.51. The van der Waals surface area contributed by atoms with Crippen molar-refractivity contribution in [1.29, 1.82) is 0 Å². The molecule has 3 aromatic carbocycles. The summed E-state index contributed by atoms with van der Waals surface area (Å²) in [5, 5.41) is 3.90. The van der Waals surface area contributed by atoms with E-state index < -0.39 is 0 Å². The third kappa shape index (κ3) is 6.11. The van der Waals surface area contributed by atoms with Crippen molar-refractivity contribution in [2.24, 2.45) is 10.7 Å². The highest BCUT2D eigenvalue weighted by atomic mass is 32.1. The van der Waals surface area contributed by atoms with Gasteiger partial charge in [0.15, 0.2) is 0 Å². The van der Waals surface area contributed by atoms with Gasteiger partial charge in [0.2, 0.25) is 0 Å². The number of hydrogen-bond acceptors (Lipinski definition) is 5. The predicted octanol–water partition coefficient (Wildman–Crippen LogP) is 5.70. The number of aromatic nitrogens is 1. The van der Waals surface area contributed by atoms with E-state index in [1.165, 1.54) is 17.1 Å². The van der Waals surface area contributed by atoms with Gasteiger partial charge in [-0.3, -0.25) is 14.2 Å². The average Bonchev–Trinajstić information content (AvgIpc) is 3.20. The summed E-state index contributed by atoms with van der Waals surface area (Å²) in [6.07, 6.45) is 1.75. The standard InChI is InChI=1S/C26H26N4O2S/c1-18(12-13-19-8-4-2-5-9-19)28-24(27)23-25(31)30-33-26(23)29-20-14-16-22(17-15-20)32-21-10-6-3-7-11-21/h2-11,14-18,29H,12-13H2,1H3,(H2,27,28)(H,30,31). The average molecular weight is 459 g/mol. The lowest BCUT2D eigenvalue weighted by atomic mass is 10.1. The number of ether oxygens (including phenoxy) is 1. The van der Waals surface area contributed by atoms with E-state index in [4.69, 9.17) is 10.5 Å². The van der Waals surface area contributed by atoms with Gasteiger partial charge in [0.25, 0.3) is 5.56 Å². The van der Waals surface area contributed by atoms with Gasteiger partial charge >= 0.3 is 0 Å². The van der Waals surface area contributed by atoms with Gasteiger partial charge in [-0.1, -0.05) is 48.5 Å². The summed E-state index contributed by atoms with van der Waals surface area (Å²) in [4.78, 5) is 17.0. The summed E-state index contributed by atoms with van der Waals surface area (Å²) < 4.78 is 8.58. The maximum Gasteiger partial charge on any atom is 0.271 e. The molecule has 0 spiro atoms. The monoisotopic (exact) mass is 458 g/mol. The lowest BCUT2D eigenvalue weighted by Crippen LogP contribution is -2.24. The van der Waals surface area contributed by atoms with Gasteiger partial charge < -0.3 is 15.8 Å². The molecule has 0 bridgehead atoms. The van der Waals surface area contributed by atoms with Gasteiger partial charge in [-0.05, 0) is 73.3 Å². The first-order valence-corrected chi connectivity index (χ1v) is 11.6. The fourth-order valence-corrected chi connectivity index (χ4v) is 4.14. The number of para-hydroxylation sites is 1. The van der Waals surface area contributed by atoms with Crippen molar-refractivity contribution in [1.82, 2.24) is 4.37 Å². The SMILES string of the molecule is CC(CCc1ccccc1)N=C(N)c1c(Nc2ccc(Oc3ccccc3)cc2)s[nH]c1=O. The predicted molar refractivity (Wildman–Crippen MR) is 136 cm³/mol. The number of aryl methyl sites for hydroxylation is 1. The number of benzene rings is 3. The molecule has 0 saturated heterocycles. The van der Waals surface area contributed by atoms with E-state index in [1.54, 1.807) is 0 Å². The van der Waals surface area contributed by atoms with E-state index >= 15 is 0 Å². The second-order valence-electron chi connectivity index (χ2n) is 7.69. The van der Waals surface area contributed by atoms with Crippen LogP contribution in [0.1, 0.15) is 24.5 Å². The van der Waals surface area contributed by atoms with E-state index in [-0.39, 0.29) is 17.4 Å². The molecule has 7 heteroatoms. The summed E-state index contributed by atoms with van der Waals surface area (Å²) in [5.41, 5.74) is 8.45. The minimum absolute atomic E-state index is 0.00762.